The van der Waals surface area contributed by atoms with Crippen LogP contribution in [0.4, 0.5) is 0 Å². The Morgan fingerprint density at radius 1 is 0.758 bits per heavy atom. The third kappa shape index (κ3) is 4.09. The van der Waals surface area contributed by atoms with Crippen molar-refractivity contribution < 1.29 is 9.59 Å². The molecule has 3 heterocycles. The first kappa shape index (κ1) is 20.2. The van der Waals surface area contributed by atoms with Crippen LogP contribution in [0.25, 0.3) is 33.3 Å². The fourth-order valence-corrected chi connectivity index (χ4v) is 3.46. The molecule has 0 aliphatic carbocycles. The highest BCUT2D eigenvalue weighted by molar-refractivity contribution is 6.08. The molecule has 0 bridgehead atoms. The Morgan fingerprint density at radius 3 is 2.36 bits per heavy atom. The number of pyridine rings is 2. The second-order valence-electron chi connectivity index (χ2n) is 7.44. The smallest absolute Gasteiger partial charge is 0.267 e. The van der Waals surface area contributed by atoms with Crippen LogP contribution in [0.2, 0.25) is 0 Å². The first-order chi connectivity index (χ1) is 16.1. The van der Waals surface area contributed by atoms with Crippen LogP contribution in [-0.2, 0) is 0 Å². The monoisotopic (exact) mass is 434 g/mol. The van der Waals surface area contributed by atoms with Gasteiger partial charge in [-0.05, 0) is 31.2 Å². The van der Waals surface area contributed by atoms with Crippen molar-refractivity contribution in [2.24, 2.45) is 0 Å². The van der Waals surface area contributed by atoms with Crippen molar-refractivity contribution in [1.82, 2.24) is 30.8 Å². The minimum Gasteiger partial charge on any atom is -0.267 e. The first-order valence-electron chi connectivity index (χ1n) is 10.2. The Labute approximate surface area is 188 Å². The number of aryl methyl sites for hydroxylation is 1. The van der Waals surface area contributed by atoms with Gasteiger partial charge >= 0.3 is 0 Å². The molecule has 5 aromatic rings. The lowest BCUT2D eigenvalue weighted by Crippen LogP contribution is -2.42. The second-order valence-corrected chi connectivity index (χ2v) is 7.44. The largest absolute Gasteiger partial charge is 0.288 e. The van der Waals surface area contributed by atoms with Gasteiger partial charge in [0.25, 0.3) is 11.8 Å². The van der Waals surface area contributed by atoms with E-state index >= 15 is 0 Å². The number of hydrogen-bond donors (Lipinski definition) is 2. The van der Waals surface area contributed by atoms with E-state index in [9.17, 15) is 9.59 Å². The summed E-state index contributed by atoms with van der Waals surface area (Å²) < 4.78 is 0. The molecule has 0 atom stereocenters. The molecule has 33 heavy (non-hydrogen) atoms. The number of amides is 2. The van der Waals surface area contributed by atoms with E-state index in [0.717, 1.165) is 11.1 Å². The molecule has 0 aliphatic heterocycles. The maximum atomic E-state index is 13.0. The average molecular weight is 434 g/mol. The fourth-order valence-electron chi connectivity index (χ4n) is 3.46. The highest BCUT2D eigenvalue weighted by atomic mass is 16.2. The lowest BCUT2D eigenvalue weighted by atomic mass is 10.0. The van der Waals surface area contributed by atoms with E-state index in [-0.39, 0.29) is 5.69 Å². The van der Waals surface area contributed by atoms with Crippen molar-refractivity contribution in [3.8, 4) is 11.3 Å². The van der Waals surface area contributed by atoms with Crippen LogP contribution in [0.5, 0.6) is 0 Å². The molecule has 0 saturated heterocycles. The predicted octanol–water partition coefficient (Wildman–Crippen LogP) is 3.62. The summed E-state index contributed by atoms with van der Waals surface area (Å²) >= 11 is 0. The highest BCUT2D eigenvalue weighted by Gasteiger charge is 2.16. The topological polar surface area (TPSA) is 110 Å². The SMILES string of the molecule is Cc1ccc(-c2cc(C(=O)NNC(=O)c3ccc4nccnc4n3)c3ccccc3n2)cc1. The summed E-state index contributed by atoms with van der Waals surface area (Å²) in [7, 11) is 0. The number of aromatic nitrogens is 4. The number of nitrogens with zero attached hydrogens (tertiary/aromatic N) is 4. The lowest BCUT2D eigenvalue weighted by molar-refractivity contribution is 0.0845. The van der Waals surface area contributed by atoms with Gasteiger partial charge in [0.1, 0.15) is 11.2 Å². The van der Waals surface area contributed by atoms with Crippen molar-refractivity contribution in [2.45, 2.75) is 6.92 Å². The molecule has 160 valence electrons. The predicted molar refractivity (Wildman–Crippen MR) is 124 cm³/mol. The molecule has 0 radical (unpaired) electrons. The molecular formula is C25H18N6O2. The molecule has 8 heteroatoms. The van der Waals surface area contributed by atoms with Gasteiger partial charge in [-0.25, -0.2) is 15.0 Å². The Balaban J connectivity index is 1.42. The zero-order valence-corrected chi connectivity index (χ0v) is 17.6. The number of hydrogen-bond acceptors (Lipinski definition) is 6. The number of hydrazine groups is 1. The minimum absolute atomic E-state index is 0.114. The molecule has 0 unspecified atom stereocenters. The number of fused-ring (bicyclic) bond motifs is 2. The van der Waals surface area contributed by atoms with Crippen LogP contribution in [0, 0.1) is 6.92 Å². The zero-order valence-electron chi connectivity index (χ0n) is 17.6. The molecule has 2 aromatic carbocycles. The van der Waals surface area contributed by atoms with E-state index in [1.54, 1.807) is 18.3 Å². The van der Waals surface area contributed by atoms with Crippen LogP contribution >= 0.6 is 0 Å². The van der Waals surface area contributed by atoms with Gasteiger partial charge in [-0.3, -0.25) is 25.4 Å². The number of nitrogens with one attached hydrogen (secondary N) is 2. The maximum Gasteiger partial charge on any atom is 0.288 e. The van der Waals surface area contributed by atoms with Crippen molar-refractivity contribution in [2.75, 3.05) is 0 Å². The number of carbonyl (C=O) groups excluding carboxylic acids is 2. The summed E-state index contributed by atoms with van der Waals surface area (Å²) in [5, 5.41) is 0.680. The van der Waals surface area contributed by atoms with Crippen LogP contribution in [-0.4, -0.2) is 31.8 Å². The Bertz CT molecular complexity index is 1520. The van der Waals surface area contributed by atoms with Gasteiger partial charge in [-0.2, -0.15) is 0 Å². The van der Waals surface area contributed by atoms with Crippen molar-refractivity contribution in [3.05, 3.63) is 95.9 Å². The van der Waals surface area contributed by atoms with Crippen molar-refractivity contribution in [1.29, 1.82) is 0 Å². The fraction of sp³-hybridized carbons (Fsp3) is 0.0400. The molecule has 2 amide bonds. The van der Waals surface area contributed by atoms with E-state index < -0.39 is 11.8 Å². The summed E-state index contributed by atoms with van der Waals surface area (Å²) in [4.78, 5) is 42.7. The second kappa shape index (κ2) is 8.43. The van der Waals surface area contributed by atoms with Crippen LogP contribution in [0.1, 0.15) is 26.4 Å². The van der Waals surface area contributed by atoms with Gasteiger partial charge in [-0.1, -0.05) is 48.0 Å². The molecule has 0 fully saturated rings. The molecule has 0 aliphatic rings. The molecule has 0 saturated carbocycles. The summed E-state index contributed by atoms with van der Waals surface area (Å²) in [6, 6.07) is 20.2. The summed E-state index contributed by atoms with van der Waals surface area (Å²) in [5.41, 5.74) is 9.71. The number of benzene rings is 2. The van der Waals surface area contributed by atoms with Gasteiger partial charge in [0, 0.05) is 23.3 Å². The zero-order chi connectivity index (χ0) is 22.8. The minimum atomic E-state index is -0.562. The van der Waals surface area contributed by atoms with Gasteiger partial charge in [0.2, 0.25) is 0 Å². The highest BCUT2D eigenvalue weighted by Crippen LogP contribution is 2.25. The van der Waals surface area contributed by atoms with Crippen LogP contribution < -0.4 is 10.9 Å². The molecule has 0 spiro atoms. The van der Waals surface area contributed by atoms with E-state index in [1.165, 1.54) is 12.3 Å². The molecule has 3 aromatic heterocycles. The Kier molecular flexibility index (Phi) is 5.16. The van der Waals surface area contributed by atoms with E-state index in [2.05, 4.69) is 25.8 Å². The van der Waals surface area contributed by atoms with E-state index in [4.69, 9.17) is 4.98 Å². The Morgan fingerprint density at radius 2 is 1.52 bits per heavy atom. The molecule has 5 rings (SSSR count). The molecule has 8 nitrogen and oxygen atoms in total. The summed E-state index contributed by atoms with van der Waals surface area (Å²) in [6.45, 7) is 2.01. The van der Waals surface area contributed by atoms with Gasteiger partial charge in [0.15, 0.2) is 5.65 Å². The van der Waals surface area contributed by atoms with Crippen molar-refractivity contribution >= 4 is 33.9 Å². The lowest BCUT2D eigenvalue weighted by Gasteiger charge is -2.11. The van der Waals surface area contributed by atoms with E-state index in [1.807, 2.05) is 55.5 Å². The molecule has 2 N–H and O–H groups in total. The Hall–Kier alpha value is -4.72. The summed E-state index contributed by atoms with van der Waals surface area (Å²) in [6.07, 6.45) is 3.05. The number of rotatable bonds is 3. The van der Waals surface area contributed by atoms with Gasteiger partial charge in [-0.15, -0.1) is 0 Å². The van der Waals surface area contributed by atoms with Gasteiger partial charge in [0.05, 0.1) is 16.8 Å². The number of carbonyl (C=O) groups is 2. The maximum absolute atomic E-state index is 13.0. The summed E-state index contributed by atoms with van der Waals surface area (Å²) in [5.74, 6) is -1.02. The van der Waals surface area contributed by atoms with Crippen LogP contribution in [0.3, 0.4) is 0 Å². The quantitative estimate of drug-likeness (QED) is 0.420. The third-order valence-electron chi connectivity index (χ3n) is 5.16. The van der Waals surface area contributed by atoms with Gasteiger partial charge < -0.3 is 0 Å². The van der Waals surface area contributed by atoms with Crippen molar-refractivity contribution in [3.63, 3.8) is 0 Å². The first-order valence-corrected chi connectivity index (χ1v) is 10.2. The third-order valence-corrected chi connectivity index (χ3v) is 5.16. The number of para-hydroxylation sites is 1. The van der Waals surface area contributed by atoms with Crippen LogP contribution in [0.15, 0.2) is 79.1 Å². The normalized spacial score (nSPS) is 10.8. The average Bonchev–Trinajstić information content (AvgIpc) is 2.86. The molecular weight excluding hydrogens is 416 g/mol. The van der Waals surface area contributed by atoms with E-state index in [0.29, 0.717) is 33.3 Å². The standard InChI is InChI=1S/C25H18N6O2/c1-15-6-8-16(9-7-15)22-14-18(17-4-2-3-5-19(17)28-22)24(32)30-31-25(33)21-11-10-20-23(29-21)27-13-12-26-20/h2-14H,1H3,(H,30,32)(H,31,33).